The summed E-state index contributed by atoms with van der Waals surface area (Å²) in [6.07, 6.45) is -0.565. The maximum Gasteiger partial charge on any atom is 0.260 e. The lowest BCUT2D eigenvalue weighted by molar-refractivity contribution is -0.541. The van der Waals surface area contributed by atoms with Crippen LogP contribution in [0, 0.1) is 16.0 Å². The first-order chi connectivity index (χ1) is 13.8. The van der Waals surface area contributed by atoms with Gasteiger partial charge in [0.05, 0.1) is 6.04 Å². The molecule has 0 fully saturated rings. The summed E-state index contributed by atoms with van der Waals surface area (Å²) < 4.78 is 12.5. The Morgan fingerprint density at radius 3 is 2.17 bits per heavy atom. The molecule has 1 rings (SSSR count). The highest BCUT2D eigenvalue weighted by Gasteiger charge is 2.43. The molecule has 0 saturated carbocycles. The third-order valence-corrected chi connectivity index (χ3v) is 10.4. The van der Waals surface area contributed by atoms with Crippen LogP contribution in [0.2, 0.25) is 18.1 Å². The van der Waals surface area contributed by atoms with E-state index in [9.17, 15) is 14.9 Å². The summed E-state index contributed by atoms with van der Waals surface area (Å²) in [6.45, 7) is 16.1. The Morgan fingerprint density at radius 2 is 1.73 bits per heavy atom. The Hall–Kier alpha value is -1.77. The van der Waals surface area contributed by atoms with Gasteiger partial charge in [-0.2, -0.15) is 0 Å². The molecule has 1 N–H and O–H groups in total. The second-order valence-corrected chi connectivity index (χ2v) is 14.5. The SMILES string of the molecule is CC(C)C(O[C@H](c1ccccc1)[C@H](C)NC=O)C(CO[Si](C)(C)C(C)(C)C)[N+](=O)[O-]. The molecular weight excluding hydrogens is 400 g/mol. The molecule has 0 bridgehead atoms. The number of ether oxygens (including phenoxy) is 1. The predicted molar refractivity (Wildman–Crippen MR) is 121 cm³/mol. The summed E-state index contributed by atoms with van der Waals surface area (Å²) in [4.78, 5) is 22.8. The Morgan fingerprint density at radius 1 is 1.17 bits per heavy atom. The fourth-order valence-electron chi connectivity index (χ4n) is 2.97. The standard InChI is InChI=1S/C22H38N2O5Si/c1-16(2)20(19(24(26)27)14-28-30(7,8)22(4,5)6)29-21(17(3)23-15-25)18-12-10-9-11-13-18/h9-13,15-17,19-21H,14H2,1-8H3,(H,23,25)/t17-,19?,20?,21-/m0/s1. The van der Waals surface area contributed by atoms with Crippen molar-refractivity contribution >= 4 is 14.7 Å². The summed E-state index contributed by atoms with van der Waals surface area (Å²) in [5, 5.41) is 14.7. The van der Waals surface area contributed by atoms with Crippen LogP contribution in [0.5, 0.6) is 0 Å². The van der Waals surface area contributed by atoms with E-state index >= 15 is 0 Å². The molecule has 0 radical (unpaired) electrons. The molecule has 1 aromatic rings. The van der Waals surface area contributed by atoms with E-state index in [1.807, 2.05) is 51.1 Å². The third kappa shape index (κ3) is 7.18. The molecule has 170 valence electrons. The van der Waals surface area contributed by atoms with Crippen LogP contribution >= 0.6 is 0 Å². The van der Waals surface area contributed by atoms with Crippen LogP contribution < -0.4 is 5.32 Å². The van der Waals surface area contributed by atoms with E-state index in [2.05, 4.69) is 39.2 Å². The van der Waals surface area contributed by atoms with Gasteiger partial charge in [-0.1, -0.05) is 65.0 Å². The number of hydrogen-bond donors (Lipinski definition) is 1. The molecule has 0 saturated heterocycles. The third-order valence-electron chi connectivity index (χ3n) is 5.95. The van der Waals surface area contributed by atoms with E-state index in [1.165, 1.54) is 0 Å². The van der Waals surface area contributed by atoms with Crippen molar-refractivity contribution in [1.29, 1.82) is 0 Å². The molecule has 0 aliphatic carbocycles. The number of hydrogen-bond acceptors (Lipinski definition) is 5. The maximum atomic E-state index is 12.0. The normalized spacial score (nSPS) is 16.6. The van der Waals surface area contributed by atoms with Gasteiger partial charge in [-0.05, 0) is 36.5 Å². The van der Waals surface area contributed by atoms with Gasteiger partial charge < -0.3 is 14.5 Å². The van der Waals surface area contributed by atoms with Crippen molar-refractivity contribution in [3.05, 3.63) is 46.0 Å². The molecule has 2 unspecified atom stereocenters. The van der Waals surface area contributed by atoms with E-state index in [0.717, 1.165) is 5.56 Å². The van der Waals surface area contributed by atoms with Crippen molar-refractivity contribution in [3.63, 3.8) is 0 Å². The number of nitrogens with zero attached hydrogens (tertiary/aromatic N) is 1. The van der Waals surface area contributed by atoms with Crippen LogP contribution in [0.15, 0.2) is 30.3 Å². The minimum absolute atomic E-state index is 0.00331. The fourth-order valence-corrected chi connectivity index (χ4v) is 3.99. The van der Waals surface area contributed by atoms with E-state index < -0.39 is 26.6 Å². The van der Waals surface area contributed by atoms with Crippen molar-refractivity contribution < 1.29 is 18.9 Å². The zero-order valence-corrected chi connectivity index (χ0v) is 20.5. The molecule has 0 aromatic heterocycles. The molecule has 0 aliphatic rings. The predicted octanol–water partition coefficient (Wildman–Crippen LogP) is 4.57. The second kappa shape index (κ2) is 11.0. The van der Waals surface area contributed by atoms with Crippen molar-refractivity contribution in [3.8, 4) is 0 Å². The van der Waals surface area contributed by atoms with Gasteiger partial charge in [0.15, 0.2) is 8.32 Å². The number of rotatable bonds is 12. The maximum absolute atomic E-state index is 12.0. The minimum atomic E-state index is -2.15. The number of carbonyl (C=O) groups excluding carboxylic acids is 1. The lowest BCUT2D eigenvalue weighted by Gasteiger charge is -2.38. The number of nitro groups is 1. The highest BCUT2D eigenvalue weighted by atomic mass is 28.4. The van der Waals surface area contributed by atoms with E-state index in [-0.39, 0.29) is 28.5 Å². The number of benzene rings is 1. The lowest BCUT2D eigenvalue weighted by atomic mass is 9.97. The highest BCUT2D eigenvalue weighted by molar-refractivity contribution is 6.74. The van der Waals surface area contributed by atoms with E-state index in [0.29, 0.717) is 6.41 Å². The smallest absolute Gasteiger partial charge is 0.260 e. The Labute approximate surface area is 181 Å². The molecule has 0 heterocycles. The average Bonchev–Trinajstić information content (AvgIpc) is 2.63. The zero-order valence-electron chi connectivity index (χ0n) is 19.5. The molecular formula is C22H38N2O5Si. The minimum Gasteiger partial charge on any atom is -0.410 e. The van der Waals surface area contributed by atoms with Gasteiger partial charge in [0.2, 0.25) is 6.41 Å². The second-order valence-electron chi connectivity index (χ2n) is 9.67. The molecule has 0 spiro atoms. The lowest BCUT2D eigenvalue weighted by Crippen LogP contribution is -2.49. The Kier molecular flexibility index (Phi) is 9.65. The summed E-state index contributed by atoms with van der Waals surface area (Å²) in [7, 11) is -2.15. The molecule has 7 nitrogen and oxygen atoms in total. The van der Waals surface area contributed by atoms with Crippen LogP contribution in [0.3, 0.4) is 0 Å². The molecule has 4 atom stereocenters. The van der Waals surface area contributed by atoms with Gasteiger partial charge in [0, 0.05) is 4.92 Å². The molecule has 30 heavy (non-hydrogen) atoms. The fraction of sp³-hybridized carbons (Fsp3) is 0.682. The first-order valence-electron chi connectivity index (χ1n) is 10.5. The number of nitrogens with one attached hydrogen (secondary N) is 1. The number of carbonyl (C=O) groups is 1. The Bertz CT molecular complexity index is 676. The van der Waals surface area contributed by atoms with Gasteiger partial charge in [-0.15, -0.1) is 0 Å². The van der Waals surface area contributed by atoms with Gasteiger partial charge >= 0.3 is 0 Å². The van der Waals surface area contributed by atoms with Crippen LogP contribution in [0.1, 0.15) is 53.2 Å². The topological polar surface area (TPSA) is 90.7 Å². The molecule has 8 heteroatoms. The average molecular weight is 439 g/mol. The molecule has 1 amide bonds. The van der Waals surface area contributed by atoms with E-state index in [4.69, 9.17) is 9.16 Å². The largest absolute Gasteiger partial charge is 0.410 e. The quantitative estimate of drug-likeness (QED) is 0.223. The van der Waals surface area contributed by atoms with Crippen LogP contribution in [-0.4, -0.2) is 44.4 Å². The Balaban J connectivity index is 3.17. The van der Waals surface area contributed by atoms with Crippen LogP contribution in [-0.2, 0) is 14.0 Å². The van der Waals surface area contributed by atoms with E-state index in [1.54, 1.807) is 0 Å². The zero-order chi connectivity index (χ0) is 23.1. The van der Waals surface area contributed by atoms with Gasteiger partial charge in [-0.3, -0.25) is 14.9 Å². The number of amides is 1. The van der Waals surface area contributed by atoms with Crippen LogP contribution in [0.4, 0.5) is 0 Å². The monoisotopic (exact) mass is 438 g/mol. The first-order valence-corrected chi connectivity index (χ1v) is 13.4. The first kappa shape index (κ1) is 26.3. The van der Waals surface area contributed by atoms with Crippen molar-refractivity contribution in [2.45, 2.75) is 84.0 Å². The van der Waals surface area contributed by atoms with Crippen LogP contribution in [0.25, 0.3) is 0 Å². The molecule has 1 aromatic carbocycles. The summed E-state index contributed by atoms with van der Waals surface area (Å²) in [6, 6.07) is 8.11. The molecule has 0 aliphatic heterocycles. The van der Waals surface area contributed by atoms with Crippen molar-refractivity contribution in [1.82, 2.24) is 5.32 Å². The van der Waals surface area contributed by atoms with Gasteiger partial charge in [0.25, 0.3) is 6.04 Å². The van der Waals surface area contributed by atoms with Gasteiger partial charge in [-0.25, -0.2) is 0 Å². The highest BCUT2D eigenvalue weighted by Crippen LogP contribution is 2.37. The van der Waals surface area contributed by atoms with Gasteiger partial charge in [0.1, 0.15) is 18.8 Å². The summed E-state index contributed by atoms with van der Waals surface area (Å²) in [5.41, 5.74) is 0.859. The van der Waals surface area contributed by atoms with Crippen molar-refractivity contribution in [2.75, 3.05) is 6.61 Å². The summed E-state index contributed by atoms with van der Waals surface area (Å²) in [5.74, 6) is -0.113. The summed E-state index contributed by atoms with van der Waals surface area (Å²) >= 11 is 0. The van der Waals surface area contributed by atoms with Crippen molar-refractivity contribution in [2.24, 2.45) is 5.92 Å².